The predicted octanol–water partition coefficient (Wildman–Crippen LogP) is 5.00. The number of hydrogen-bond donors (Lipinski definition) is 2. The molecule has 4 aliphatic rings. The summed E-state index contributed by atoms with van der Waals surface area (Å²) in [6, 6.07) is 16.1. The number of halogens is 3. The van der Waals surface area contributed by atoms with E-state index in [-0.39, 0.29) is 22.4 Å². The van der Waals surface area contributed by atoms with Crippen LogP contribution in [-0.2, 0) is 15.1 Å². The second kappa shape index (κ2) is 9.63. The minimum absolute atomic E-state index is 0.0731. The van der Waals surface area contributed by atoms with E-state index < -0.39 is 41.6 Å². The molecule has 3 aromatic carbocycles. The van der Waals surface area contributed by atoms with Crippen LogP contribution in [0, 0.1) is 17.7 Å². The van der Waals surface area contributed by atoms with Gasteiger partial charge in [0.25, 0.3) is 0 Å². The topological polar surface area (TPSA) is 90.0 Å². The molecule has 1 spiro atoms. The molecule has 0 aromatic heterocycles. The number of amides is 2. The molecule has 3 heterocycles. The molecule has 10 heteroatoms. The van der Waals surface area contributed by atoms with Crippen LogP contribution in [0.3, 0.4) is 0 Å². The zero-order valence-corrected chi connectivity index (χ0v) is 23.3. The second-order valence-corrected chi connectivity index (χ2v) is 12.1. The number of carbonyl (C=O) groups is 3. The van der Waals surface area contributed by atoms with Crippen molar-refractivity contribution in [2.45, 2.75) is 30.3 Å². The van der Waals surface area contributed by atoms with E-state index >= 15 is 4.39 Å². The fourth-order valence-corrected chi connectivity index (χ4v) is 7.52. The van der Waals surface area contributed by atoms with Gasteiger partial charge in [-0.15, -0.1) is 0 Å². The van der Waals surface area contributed by atoms with E-state index in [9.17, 15) is 19.5 Å². The van der Waals surface area contributed by atoms with E-state index in [1.807, 2.05) is 6.07 Å². The van der Waals surface area contributed by atoms with Crippen LogP contribution in [0.2, 0.25) is 10.0 Å². The van der Waals surface area contributed by atoms with Gasteiger partial charge in [0.2, 0.25) is 11.8 Å². The van der Waals surface area contributed by atoms with E-state index in [4.69, 9.17) is 23.2 Å². The first-order chi connectivity index (χ1) is 19.7. The second-order valence-electron chi connectivity index (χ2n) is 11.3. The molecule has 3 aromatic rings. The smallest absolute Gasteiger partial charge is 0.250 e. The summed E-state index contributed by atoms with van der Waals surface area (Å²) < 4.78 is 15.9. The SMILES string of the molecule is O=C(CO)c1ccc(N2C[C@H]3[C@@H](C2=O)C(c2cccc(Cl)c2F)[C@]2(C(=O)Nc4cc(Cl)ccc42)N3CC2CC2)cc1. The molecule has 3 aliphatic heterocycles. The summed E-state index contributed by atoms with van der Waals surface area (Å²) in [6.07, 6.45) is 2.04. The zero-order chi connectivity index (χ0) is 28.6. The van der Waals surface area contributed by atoms with E-state index in [2.05, 4.69) is 10.2 Å². The maximum absolute atomic E-state index is 15.9. The number of Topliss-reactive ketones (excluding diaryl/α,β-unsaturated/α-hetero) is 1. The van der Waals surface area contributed by atoms with Gasteiger partial charge in [0.15, 0.2) is 5.78 Å². The molecule has 1 unspecified atom stereocenters. The van der Waals surface area contributed by atoms with Gasteiger partial charge in [-0.3, -0.25) is 19.3 Å². The Morgan fingerprint density at radius 1 is 1.07 bits per heavy atom. The molecule has 2 amide bonds. The van der Waals surface area contributed by atoms with Crippen molar-refractivity contribution in [3.63, 3.8) is 0 Å². The van der Waals surface area contributed by atoms with Crippen molar-refractivity contribution in [3.8, 4) is 0 Å². The van der Waals surface area contributed by atoms with Gasteiger partial charge in [-0.25, -0.2) is 4.39 Å². The van der Waals surface area contributed by atoms with Crippen LogP contribution in [0.15, 0.2) is 60.7 Å². The molecule has 210 valence electrons. The maximum atomic E-state index is 15.9. The summed E-state index contributed by atoms with van der Waals surface area (Å²) >= 11 is 12.6. The number of nitrogens with zero attached hydrogens (tertiary/aromatic N) is 2. The summed E-state index contributed by atoms with van der Waals surface area (Å²) in [5.41, 5.74) is 1.06. The number of anilines is 2. The number of aliphatic hydroxyl groups is 1. The van der Waals surface area contributed by atoms with Gasteiger partial charge in [-0.1, -0.05) is 41.4 Å². The number of nitrogens with one attached hydrogen (secondary N) is 1. The molecule has 1 saturated carbocycles. The van der Waals surface area contributed by atoms with Gasteiger partial charge in [0.1, 0.15) is 18.0 Å². The fraction of sp³-hybridized carbons (Fsp3) is 0.323. The third kappa shape index (κ3) is 3.88. The molecule has 2 saturated heterocycles. The van der Waals surface area contributed by atoms with E-state index in [1.165, 1.54) is 6.07 Å². The van der Waals surface area contributed by atoms with Crippen LogP contribution < -0.4 is 10.2 Å². The molecule has 3 fully saturated rings. The number of likely N-dealkylation sites (tertiary alicyclic amines) is 1. The molecule has 2 N–H and O–H groups in total. The number of carbonyl (C=O) groups excluding carboxylic acids is 3. The standard InChI is InChI=1S/C31H26Cl2FN3O4/c32-18-8-11-21-23(12-18)35-30(41)31(21)27(20-2-1-3-22(33)28(20)34)26-24(37(31)13-16-4-5-16)14-36(29(26)40)19-9-6-17(7-10-19)25(39)15-38/h1-3,6-12,16,24,26-27,38H,4-5,13-15H2,(H,35,41)/t24-,26+,27?,31+/m0/s1. The summed E-state index contributed by atoms with van der Waals surface area (Å²) in [7, 11) is 0. The average molecular weight is 594 g/mol. The Hall–Kier alpha value is -3.30. The third-order valence-electron chi connectivity index (χ3n) is 9.10. The van der Waals surface area contributed by atoms with Gasteiger partial charge in [-0.05, 0) is 66.8 Å². The molecule has 41 heavy (non-hydrogen) atoms. The first-order valence-electron chi connectivity index (χ1n) is 13.6. The van der Waals surface area contributed by atoms with Gasteiger partial charge in [0.05, 0.1) is 10.9 Å². The monoisotopic (exact) mass is 593 g/mol. The Labute approximate surface area is 245 Å². The molecule has 1 aliphatic carbocycles. The number of aliphatic hydroxyl groups excluding tert-OH is 1. The van der Waals surface area contributed by atoms with Gasteiger partial charge >= 0.3 is 0 Å². The molecule has 4 atom stereocenters. The number of ketones is 1. The van der Waals surface area contributed by atoms with Crippen LogP contribution in [0.25, 0.3) is 0 Å². The van der Waals surface area contributed by atoms with E-state index in [1.54, 1.807) is 53.4 Å². The predicted molar refractivity (Wildman–Crippen MR) is 153 cm³/mol. The Morgan fingerprint density at radius 3 is 2.54 bits per heavy atom. The highest BCUT2D eigenvalue weighted by molar-refractivity contribution is 6.31. The van der Waals surface area contributed by atoms with Crippen molar-refractivity contribution in [1.82, 2.24) is 4.90 Å². The lowest BCUT2D eigenvalue weighted by Gasteiger charge is -2.41. The Balaban J connectivity index is 1.41. The molecular formula is C31H26Cl2FN3O4. The minimum atomic E-state index is -1.33. The average Bonchev–Trinajstić information content (AvgIpc) is 3.59. The van der Waals surface area contributed by atoms with E-state index in [0.717, 1.165) is 12.8 Å². The van der Waals surface area contributed by atoms with Crippen molar-refractivity contribution in [2.75, 3.05) is 29.9 Å². The molecule has 0 radical (unpaired) electrons. The number of fused-ring (bicyclic) bond motifs is 3. The largest absolute Gasteiger partial charge is 0.388 e. The normalized spacial score (nSPS) is 26.9. The summed E-state index contributed by atoms with van der Waals surface area (Å²) in [5, 5.41) is 12.6. The van der Waals surface area contributed by atoms with Gasteiger partial charge in [-0.2, -0.15) is 0 Å². The zero-order valence-electron chi connectivity index (χ0n) is 21.8. The molecular weight excluding hydrogens is 568 g/mol. The van der Waals surface area contributed by atoms with Crippen LogP contribution in [-0.4, -0.2) is 53.3 Å². The van der Waals surface area contributed by atoms with E-state index in [0.29, 0.717) is 46.5 Å². The molecule has 7 rings (SSSR count). The van der Waals surface area contributed by atoms with Crippen LogP contribution in [0.1, 0.15) is 40.2 Å². The van der Waals surface area contributed by atoms with Gasteiger partial charge < -0.3 is 15.3 Å². The number of rotatable bonds is 6. The first-order valence-corrected chi connectivity index (χ1v) is 14.4. The quantitative estimate of drug-likeness (QED) is 0.393. The minimum Gasteiger partial charge on any atom is -0.388 e. The van der Waals surface area contributed by atoms with Crippen molar-refractivity contribution < 1.29 is 23.9 Å². The lowest BCUT2D eigenvalue weighted by atomic mass is 9.71. The maximum Gasteiger partial charge on any atom is 0.250 e. The summed E-state index contributed by atoms with van der Waals surface area (Å²) in [4.78, 5) is 44.4. The highest BCUT2D eigenvalue weighted by Gasteiger charge is 2.71. The van der Waals surface area contributed by atoms with Gasteiger partial charge in [0, 0.05) is 52.6 Å². The third-order valence-corrected chi connectivity index (χ3v) is 9.62. The van der Waals surface area contributed by atoms with Crippen LogP contribution in [0.5, 0.6) is 0 Å². The van der Waals surface area contributed by atoms with Crippen molar-refractivity contribution in [2.24, 2.45) is 11.8 Å². The Morgan fingerprint density at radius 2 is 1.83 bits per heavy atom. The number of hydrogen-bond acceptors (Lipinski definition) is 5. The molecule has 7 nitrogen and oxygen atoms in total. The van der Waals surface area contributed by atoms with Crippen LogP contribution in [0.4, 0.5) is 15.8 Å². The highest BCUT2D eigenvalue weighted by Crippen LogP contribution is 2.62. The lowest BCUT2D eigenvalue weighted by molar-refractivity contribution is -0.128. The molecule has 0 bridgehead atoms. The van der Waals surface area contributed by atoms with Crippen molar-refractivity contribution in [3.05, 3.63) is 93.2 Å². The van der Waals surface area contributed by atoms with Crippen LogP contribution >= 0.6 is 23.2 Å². The lowest BCUT2D eigenvalue weighted by Crippen LogP contribution is -2.54. The fourth-order valence-electron chi connectivity index (χ4n) is 7.17. The number of benzene rings is 3. The Bertz CT molecular complexity index is 1610. The summed E-state index contributed by atoms with van der Waals surface area (Å²) in [6.45, 7) is 0.270. The first kappa shape index (κ1) is 26.6. The summed E-state index contributed by atoms with van der Waals surface area (Å²) in [5.74, 6) is -2.82. The van der Waals surface area contributed by atoms with Crippen molar-refractivity contribution >= 4 is 52.2 Å². The highest BCUT2D eigenvalue weighted by atomic mass is 35.5. The van der Waals surface area contributed by atoms with Crippen molar-refractivity contribution in [1.29, 1.82) is 0 Å². The Kier molecular flexibility index (Phi) is 6.24.